The summed E-state index contributed by atoms with van der Waals surface area (Å²) in [4.78, 5) is 14.1. The molecule has 0 amide bonds. The Labute approximate surface area is 87.7 Å². The molecule has 0 aromatic carbocycles. The number of hydrogen-bond acceptors (Lipinski definition) is 2. The molecule has 0 aliphatic carbocycles. The molecule has 14 heavy (non-hydrogen) atoms. The van der Waals surface area contributed by atoms with Crippen molar-refractivity contribution in [1.29, 1.82) is 0 Å². The zero-order chi connectivity index (χ0) is 10.9. The monoisotopic (exact) mass is 197 g/mol. The third-order valence-electron chi connectivity index (χ3n) is 3.22. The van der Waals surface area contributed by atoms with Crippen LogP contribution in [0.15, 0.2) is 0 Å². The molecule has 2 heteroatoms. The lowest BCUT2D eigenvalue weighted by Crippen LogP contribution is -2.51. The van der Waals surface area contributed by atoms with Crippen molar-refractivity contribution < 1.29 is 4.79 Å². The smallest absolute Gasteiger partial charge is 0.150 e. The Morgan fingerprint density at radius 2 is 1.93 bits per heavy atom. The van der Waals surface area contributed by atoms with Crippen molar-refractivity contribution >= 4 is 5.78 Å². The van der Waals surface area contributed by atoms with Gasteiger partial charge < -0.3 is 0 Å². The summed E-state index contributed by atoms with van der Waals surface area (Å²) in [5.41, 5.74) is 0.137. The van der Waals surface area contributed by atoms with Gasteiger partial charge in [0.2, 0.25) is 0 Å². The second-order valence-corrected chi connectivity index (χ2v) is 5.70. The van der Waals surface area contributed by atoms with E-state index in [0.29, 0.717) is 24.2 Å². The minimum Gasteiger partial charge on any atom is -0.298 e. The Kier molecular flexibility index (Phi) is 3.36. The molecule has 0 spiro atoms. The van der Waals surface area contributed by atoms with Crippen LogP contribution in [0.2, 0.25) is 0 Å². The number of Topliss-reactive ketones (excluding diaryl/α,β-unsaturated/α-hetero) is 1. The van der Waals surface area contributed by atoms with Gasteiger partial charge in [-0.1, -0.05) is 13.8 Å². The molecule has 0 N–H and O–H groups in total. The van der Waals surface area contributed by atoms with E-state index in [4.69, 9.17) is 0 Å². The van der Waals surface area contributed by atoms with Gasteiger partial charge in [0.05, 0.1) is 6.54 Å². The van der Waals surface area contributed by atoms with Crippen molar-refractivity contribution in [1.82, 2.24) is 4.90 Å². The highest BCUT2D eigenvalue weighted by Gasteiger charge is 2.33. The van der Waals surface area contributed by atoms with Crippen LogP contribution in [-0.2, 0) is 4.79 Å². The first-order chi connectivity index (χ1) is 6.32. The van der Waals surface area contributed by atoms with Crippen LogP contribution in [-0.4, -0.2) is 29.3 Å². The molecule has 0 aromatic rings. The lowest BCUT2D eigenvalue weighted by atomic mass is 9.84. The average Bonchev–Trinajstić information content (AvgIpc) is 2.01. The van der Waals surface area contributed by atoms with Crippen LogP contribution < -0.4 is 0 Å². The molecule has 1 fully saturated rings. The maximum Gasteiger partial charge on any atom is 0.150 e. The van der Waals surface area contributed by atoms with E-state index in [-0.39, 0.29) is 5.54 Å². The summed E-state index contributed by atoms with van der Waals surface area (Å²) in [7, 11) is 0. The van der Waals surface area contributed by atoms with Gasteiger partial charge in [-0.3, -0.25) is 9.69 Å². The number of likely N-dealkylation sites (tertiary alicyclic amines) is 1. The van der Waals surface area contributed by atoms with Crippen molar-refractivity contribution in [3.63, 3.8) is 0 Å². The number of ketones is 1. The normalized spacial score (nSPS) is 25.9. The summed E-state index contributed by atoms with van der Waals surface area (Å²) in [6.07, 6.45) is 1.04. The standard InChI is InChI=1S/C12H23NO/c1-9(2)10-6-7-13(8-11(10)14)12(3,4)5/h9-10H,6-8H2,1-5H3. The Hall–Kier alpha value is -0.370. The van der Waals surface area contributed by atoms with Gasteiger partial charge in [-0.05, 0) is 39.7 Å². The van der Waals surface area contributed by atoms with Crippen LogP contribution in [0.3, 0.4) is 0 Å². The molecule has 0 saturated carbocycles. The summed E-state index contributed by atoms with van der Waals surface area (Å²) < 4.78 is 0. The van der Waals surface area contributed by atoms with Gasteiger partial charge in [-0.15, -0.1) is 0 Å². The van der Waals surface area contributed by atoms with Crippen molar-refractivity contribution in [2.75, 3.05) is 13.1 Å². The molecule has 0 aromatic heterocycles. The van der Waals surface area contributed by atoms with Crippen LogP contribution in [0.1, 0.15) is 41.0 Å². The molecule has 1 saturated heterocycles. The second kappa shape index (κ2) is 4.01. The van der Waals surface area contributed by atoms with Crippen LogP contribution in [0.25, 0.3) is 0 Å². The highest BCUT2D eigenvalue weighted by atomic mass is 16.1. The maximum absolute atomic E-state index is 11.9. The van der Waals surface area contributed by atoms with Crippen LogP contribution in [0.4, 0.5) is 0 Å². The molecule has 2 nitrogen and oxygen atoms in total. The van der Waals surface area contributed by atoms with E-state index < -0.39 is 0 Å². The minimum absolute atomic E-state index is 0.137. The van der Waals surface area contributed by atoms with Gasteiger partial charge in [-0.25, -0.2) is 0 Å². The first-order valence-electron chi connectivity index (χ1n) is 5.60. The molecule has 82 valence electrons. The maximum atomic E-state index is 11.9. The zero-order valence-corrected chi connectivity index (χ0v) is 10.1. The fourth-order valence-corrected chi connectivity index (χ4v) is 2.12. The van der Waals surface area contributed by atoms with Gasteiger partial charge in [-0.2, -0.15) is 0 Å². The number of carbonyl (C=O) groups is 1. The fraction of sp³-hybridized carbons (Fsp3) is 0.917. The van der Waals surface area contributed by atoms with Crippen LogP contribution in [0, 0.1) is 11.8 Å². The molecule has 1 atom stereocenters. The van der Waals surface area contributed by atoms with E-state index in [1.165, 1.54) is 0 Å². The number of piperidine rings is 1. The van der Waals surface area contributed by atoms with E-state index in [1.807, 2.05) is 0 Å². The first kappa shape index (κ1) is 11.7. The highest BCUT2D eigenvalue weighted by molar-refractivity contribution is 5.84. The summed E-state index contributed by atoms with van der Waals surface area (Å²) in [5.74, 6) is 1.24. The summed E-state index contributed by atoms with van der Waals surface area (Å²) >= 11 is 0. The lowest BCUT2D eigenvalue weighted by molar-refractivity contribution is -0.130. The van der Waals surface area contributed by atoms with E-state index in [0.717, 1.165) is 13.0 Å². The third kappa shape index (κ3) is 2.57. The van der Waals surface area contributed by atoms with E-state index in [9.17, 15) is 4.79 Å². The molecule has 1 unspecified atom stereocenters. The minimum atomic E-state index is 0.137. The Morgan fingerprint density at radius 3 is 2.29 bits per heavy atom. The number of rotatable bonds is 1. The van der Waals surface area contributed by atoms with Crippen molar-refractivity contribution in [3.8, 4) is 0 Å². The van der Waals surface area contributed by atoms with Gasteiger partial charge in [0.1, 0.15) is 5.78 Å². The fourth-order valence-electron chi connectivity index (χ4n) is 2.12. The Balaban J connectivity index is 2.60. The lowest BCUT2D eigenvalue weighted by Gasteiger charge is -2.40. The van der Waals surface area contributed by atoms with E-state index in [1.54, 1.807) is 0 Å². The quantitative estimate of drug-likeness (QED) is 0.643. The summed E-state index contributed by atoms with van der Waals surface area (Å²) in [6.45, 7) is 12.5. The predicted octanol–water partition coefficient (Wildman–Crippen LogP) is 2.33. The topological polar surface area (TPSA) is 20.3 Å². The largest absolute Gasteiger partial charge is 0.298 e. The summed E-state index contributed by atoms with van der Waals surface area (Å²) in [6, 6.07) is 0. The summed E-state index contributed by atoms with van der Waals surface area (Å²) in [5, 5.41) is 0. The van der Waals surface area contributed by atoms with Gasteiger partial charge in [0, 0.05) is 11.5 Å². The third-order valence-corrected chi connectivity index (χ3v) is 3.22. The molecular formula is C12H23NO. The van der Waals surface area contributed by atoms with Gasteiger partial charge in [0.15, 0.2) is 0 Å². The van der Waals surface area contributed by atoms with Gasteiger partial charge >= 0.3 is 0 Å². The number of carbonyl (C=O) groups excluding carboxylic acids is 1. The molecule has 1 aliphatic heterocycles. The second-order valence-electron chi connectivity index (χ2n) is 5.70. The zero-order valence-electron chi connectivity index (χ0n) is 10.1. The molecule has 1 heterocycles. The molecule has 1 rings (SSSR count). The number of nitrogens with zero attached hydrogens (tertiary/aromatic N) is 1. The highest BCUT2D eigenvalue weighted by Crippen LogP contribution is 2.25. The average molecular weight is 197 g/mol. The molecule has 1 aliphatic rings. The number of hydrogen-bond donors (Lipinski definition) is 0. The molecular weight excluding hydrogens is 174 g/mol. The first-order valence-corrected chi connectivity index (χ1v) is 5.60. The van der Waals surface area contributed by atoms with Gasteiger partial charge in [0.25, 0.3) is 0 Å². The Morgan fingerprint density at radius 1 is 1.36 bits per heavy atom. The van der Waals surface area contributed by atoms with Crippen molar-refractivity contribution in [2.45, 2.75) is 46.6 Å². The molecule has 0 radical (unpaired) electrons. The SMILES string of the molecule is CC(C)C1CCN(C(C)(C)C)CC1=O. The molecule has 0 bridgehead atoms. The van der Waals surface area contributed by atoms with E-state index >= 15 is 0 Å². The van der Waals surface area contributed by atoms with Crippen LogP contribution in [0.5, 0.6) is 0 Å². The van der Waals surface area contributed by atoms with Crippen LogP contribution >= 0.6 is 0 Å². The van der Waals surface area contributed by atoms with E-state index in [2.05, 4.69) is 39.5 Å². The van der Waals surface area contributed by atoms with Crippen molar-refractivity contribution in [3.05, 3.63) is 0 Å². The Bertz CT molecular complexity index is 215. The predicted molar refractivity (Wildman–Crippen MR) is 59.3 cm³/mol. The van der Waals surface area contributed by atoms with Crippen molar-refractivity contribution in [2.24, 2.45) is 11.8 Å².